The maximum Gasteiger partial charge on any atom is 0.243 e. The number of amides is 2. The van der Waals surface area contributed by atoms with Crippen LogP contribution in [0.4, 0.5) is 5.69 Å². The third kappa shape index (κ3) is 4.85. The van der Waals surface area contributed by atoms with Gasteiger partial charge in [-0.3, -0.25) is 9.59 Å². The Balaban J connectivity index is 1.56. The van der Waals surface area contributed by atoms with E-state index in [1.54, 1.807) is 0 Å². The lowest BCUT2D eigenvalue weighted by Gasteiger charge is -2.23. The highest BCUT2D eigenvalue weighted by atomic mass is 16.2. The molecule has 0 saturated carbocycles. The number of rotatable bonds is 5. The average molecular weight is 377 g/mol. The first-order valence-electron chi connectivity index (χ1n) is 9.67. The molecule has 2 aromatic rings. The fourth-order valence-electron chi connectivity index (χ4n) is 3.28. The standard InChI is InChI=1S/C23H27N3O2/c1-23(2,3)18-11-7-8-12-20(18)24-21(27)13-14-22(28)26-16-15-19(25-26)17-9-5-4-6-10-17/h4-12H,13-16H2,1-3H3,(H,24,27). The molecule has 0 fully saturated rings. The van der Waals surface area contributed by atoms with Crippen LogP contribution in [0.3, 0.4) is 0 Å². The summed E-state index contributed by atoms with van der Waals surface area (Å²) >= 11 is 0. The number of para-hydroxylation sites is 1. The molecule has 0 spiro atoms. The number of anilines is 1. The Bertz CT molecular complexity index is 882. The molecule has 5 nitrogen and oxygen atoms in total. The summed E-state index contributed by atoms with van der Waals surface area (Å²) in [7, 11) is 0. The van der Waals surface area contributed by atoms with Crippen molar-refractivity contribution in [1.82, 2.24) is 5.01 Å². The predicted octanol–water partition coefficient (Wildman–Crippen LogP) is 4.34. The molecular formula is C23H27N3O2. The van der Waals surface area contributed by atoms with Gasteiger partial charge in [0.2, 0.25) is 11.8 Å². The van der Waals surface area contributed by atoms with E-state index in [9.17, 15) is 9.59 Å². The van der Waals surface area contributed by atoms with Crippen LogP contribution in [0.1, 0.15) is 51.2 Å². The van der Waals surface area contributed by atoms with Gasteiger partial charge in [-0.25, -0.2) is 5.01 Å². The molecule has 1 N–H and O–H groups in total. The fourth-order valence-corrected chi connectivity index (χ4v) is 3.28. The summed E-state index contributed by atoms with van der Waals surface area (Å²) in [6, 6.07) is 17.7. The van der Waals surface area contributed by atoms with Crippen molar-refractivity contribution in [3.05, 3.63) is 65.7 Å². The van der Waals surface area contributed by atoms with Crippen LogP contribution in [0, 0.1) is 0 Å². The molecule has 1 heterocycles. The first-order chi connectivity index (χ1) is 13.3. The summed E-state index contributed by atoms with van der Waals surface area (Å²) in [4.78, 5) is 24.8. The van der Waals surface area contributed by atoms with Crippen LogP contribution in [0.2, 0.25) is 0 Å². The number of hydrogen-bond donors (Lipinski definition) is 1. The largest absolute Gasteiger partial charge is 0.326 e. The van der Waals surface area contributed by atoms with Crippen molar-refractivity contribution in [2.24, 2.45) is 5.10 Å². The maximum atomic E-state index is 12.4. The van der Waals surface area contributed by atoms with Crippen molar-refractivity contribution in [2.45, 2.75) is 45.4 Å². The molecule has 28 heavy (non-hydrogen) atoms. The Kier molecular flexibility index (Phi) is 5.93. The summed E-state index contributed by atoms with van der Waals surface area (Å²) in [6.45, 7) is 6.89. The van der Waals surface area contributed by atoms with Crippen LogP contribution in [-0.4, -0.2) is 29.1 Å². The molecule has 0 saturated heterocycles. The molecule has 1 aliphatic heterocycles. The number of hydrazone groups is 1. The Morgan fingerprint density at radius 3 is 2.39 bits per heavy atom. The van der Waals surface area contributed by atoms with Crippen molar-refractivity contribution in [3.63, 3.8) is 0 Å². The number of hydrogen-bond acceptors (Lipinski definition) is 3. The van der Waals surface area contributed by atoms with Crippen LogP contribution >= 0.6 is 0 Å². The van der Waals surface area contributed by atoms with E-state index < -0.39 is 0 Å². The minimum Gasteiger partial charge on any atom is -0.326 e. The maximum absolute atomic E-state index is 12.4. The zero-order valence-corrected chi connectivity index (χ0v) is 16.7. The predicted molar refractivity (Wildman–Crippen MR) is 112 cm³/mol. The zero-order valence-electron chi connectivity index (χ0n) is 16.7. The molecule has 0 unspecified atom stereocenters. The van der Waals surface area contributed by atoms with E-state index in [2.05, 4.69) is 31.2 Å². The van der Waals surface area contributed by atoms with Crippen LogP contribution in [0.15, 0.2) is 59.7 Å². The highest BCUT2D eigenvalue weighted by Crippen LogP contribution is 2.29. The fraction of sp³-hybridized carbons (Fsp3) is 0.348. The smallest absolute Gasteiger partial charge is 0.243 e. The van der Waals surface area contributed by atoms with E-state index in [1.165, 1.54) is 5.01 Å². The van der Waals surface area contributed by atoms with Gasteiger partial charge in [0.15, 0.2) is 0 Å². The van der Waals surface area contributed by atoms with Gasteiger partial charge in [0.05, 0.1) is 12.3 Å². The summed E-state index contributed by atoms with van der Waals surface area (Å²) in [6.07, 6.45) is 1.03. The summed E-state index contributed by atoms with van der Waals surface area (Å²) in [5.74, 6) is -0.276. The van der Waals surface area contributed by atoms with Gasteiger partial charge in [-0.15, -0.1) is 0 Å². The number of benzene rings is 2. The molecule has 2 amide bonds. The van der Waals surface area contributed by atoms with Crippen molar-refractivity contribution >= 4 is 23.2 Å². The van der Waals surface area contributed by atoms with E-state index in [0.717, 1.165) is 28.9 Å². The number of carbonyl (C=O) groups is 2. The van der Waals surface area contributed by atoms with E-state index in [4.69, 9.17) is 0 Å². The first-order valence-corrected chi connectivity index (χ1v) is 9.67. The molecule has 5 heteroatoms. The van der Waals surface area contributed by atoms with Crippen molar-refractivity contribution in [1.29, 1.82) is 0 Å². The minimum absolute atomic E-state index is 0.0716. The lowest BCUT2D eigenvalue weighted by atomic mass is 9.86. The average Bonchev–Trinajstić information content (AvgIpc) is 3.17. The van der Waals surface area contributed by atoms with Gasteiger partial charge < -0.3 is 5.32 Å². The second-order valence-corrected chi connectivity index (χ2v) is 8.02. The lowest BCUT2D eigenvalue weighted by Crippen LogP contribution is -2.25. The van der Waals surface area contributed by atoms with Crippen LogP contribution in [0.25, 0.3) is 0 Å². The van der Waals surface area contributed by atoms with Gasteiger partial charge in [-0.1, -0.05) is 69.3 Å². The van der Waals surface area contributed by atoms with Gasteiger partial charge in [0.1, 0.15) is 0 Å². The zero-order chi connectivity index (χ0) is 20.1. The van der Waals surface area contributed by atoms with E-state index in [-0.39, 0.29) is 30.1 Å². The molecule has 1 aliphatic rings. The number of carbonyl (C=O) groups excluding carboxylic acids is 2. The highest BCUT2D eigenvalue weighted by Gasteiger charge is 2.23. The van der Waals surface area contributed by atoms with Gasteiger partial charge in [0.25, 0.3) is 0 Å². The van der Waals surface area contributed by atoms with Gasteiger partial charge in [0, 0.05) is 24.9 Å². The molecule has 2 aromatic carbocycles. The molecule has 0 aromatic heterocycles. The van der Waals surface area contributed by atoms with Gasteiger partial charge in [-0.05, 0) is 22.6 Å². The molecular weight excluding hydrogens is 350 g/mol. The van der Waals surface area contributed by atoms with E-state index in [0.29, 0.717) is 6.54 Å². The van der Waals surface area contributed by atoms with Crippen molar-refractivity contribution in [3.8, 4) is 0 Å². The second-order valence-electron chi connectivity index (χ2n) is 8.02. The summed E-state index contributed by atoms with van der Waals surface area (Å²) in [5.41, 5.74) is 3.76. The summed E-state index contributed by atoms with van der Waals surface area (Å²) < 4.78 is 0. The third-order valence-corrected chi connectivity index (χ3v) is 4.77. The lowest BCUT2D eigenvalue weighted by molar-refractivity contribution is -0.132. The molecule has 3 rings (SSSR count). The first kappa shape index (κ1) is 19.8. The monoisotopic (exact) mass is 377 g/mol. The molecule has 0 aliphatic carbocycles. The van der Waals surface area contributed by atoms with Crippen LogP contribution < -0.4 is 5.32 Å². The minimum atomic E-state index is -0.156. The highest BCUT2D eigenvalue weighted by molar-refractivity contribution is 6.02. The second kappa shape index (κ2) is 8.38. The van der Waals surface area contributed by atoms with Gasteiger partial charge >= 0.3 is 0 Å². The van der Waals surface area contributed by atoms with Crippen molar-refractivity contribution in [2.75, 3.05) is 11.9 Å². The Labute approximate surface area is 166 Å². The molecule has 146 valence electrons. The van der Waals surface area contributed by atoms with Crippen molar-refractivity contribution < 1.29 is 9.59 Å². The summed E-state index contributed by atoms with van der Waals surface area (Å²) in [5, 5.41) is 8.87. The number of nitrogens with one attached hydrogen (secondary N) is 1. The van der Waals surface area contributed by atoms with Crippen LogP contribution in [-0.2, 0) is 15.0 Å². The van der Waals surface area contributed by atoms with E-state index in [1.807, 2.05) is 54.6 Å². The Hall–Kier alpha value is -2.95. The normalized spacial score (nSPS) is 14.0. The van der Waals surface area contributed by atoms with Crippen LogP contribution in [0.5, 0.6) is 0 Å². The molecule has 0 radical (unpaired) electrons. The Morgan fingerprint density at radius 1 is 1.00 bits per heavy atom. The molecule has 0 atom stereocenters. The number of nitrogens with zero attached hydrogens (tertiary/aromatic N) is 2. The SMILES string of the molecule is CC(C)(C)c1ccccc1NC(=O)CCC(=O)N1CCC(c2ccccc2)=N1. The quantitative estimate of drug-likeness (QED) is 0.842. The third-order valence-electron chi connectivity index (χ3n) is 4.77. The van der Waals surface area contributed by atoms with Gasteiger partial charge in [-0.2, -0.15) is 5.10 Å². The molecule has 0 bridgehead atoms. The topological polar surface area (TPSA) is 61.8 Å². The Morgan fingerprint density at radius 2 is 1.68 bits per heavy atom. The van der Waals surface area contributed by atoms with E-state index >= 15 is 0 Å².